The average molecular weight is 222 g/mol. The summed E-state index contributed by atoms with van der Waals surface area (Å²) in [6, 6.07) is 0.319. The molecule has 4 nitrogen and oxygen atoms in total. The van der Waals surface area contributed by atoms with Crippen LogP contribution in [-0.2, 0) is 6.42 Å². The van der Waals surface area contributed by atoms with Crippen LogP contribution >= 0.6 is 11.3 Å². The molecule has 80 valence electrons. The Hall–Kier alpha value is -1.20. The van der Waals surface area contributed by atoms with Gasteiger partial charge in [-0.05, 0) is 6.92 Å². The third-order valence-corrected chi connectivity index (χ3v) is 3.15. The molecular formula is C10H14N4S. The van der Waals surface area contributed by atoms with Gasteiger partial charge in [0.1, 0.15) is 10.8 Å². The molecule has 0 saturated heterocycles. The number of imidazole rings is 1. The van der Waals surface area contributed by atoms with E-state index in [9.17, 15) is 0 Å². The van der Waals surface area contributed by atoms with E-state index in [4.69, 9.17) is 0 Å². The first-order chi connectivity index (χ1) is 7.36. The molecule has 0 fully saturated rings. The fraction of sp³-hybridized carbons (Fsp3) is 0.400. The van der Waals surface area contributed by atoms with Gasteiger partial charge < -0.3 is 10.3 Å². The number of rotatable bonds is 5. The zero-order chi connectivity index (χ0) is 10.5. The molecule has 1 atom stereocenters. The first kappa shape index (κ1) is 10.3. The van der Waals surface area contributed by atoms with Gasteiger partial charge in [-0.25, -0.2) is 9.97 Å². The Morgan fingerprint density at radius 2 is 2.40 bits per heavy atom. The molecule has 5 heteroatoms. The maximum absolute atomic E-state index is 4.26. The minimum Gasteiger partial charge on any atom is -0.349 e. The summed E-state index contributed by atoms with van der Waals surface area (Å²) in [5, 5.41) is 6.54. The highest BCUT2D eigenvalue weighted by Gasteiger charge is 2.06. The standard InChI is InChI=1S/C10H14N4S/c1-8(10-14-6-7-15-10)11-3-2-9-12-4-5-13-9/h4-8,11H,2-3H2,1H3,(H,12,13). The average Bonchev–Trinajstić information content (AvgIpc) is 2.90. The summed E-state index contributed by atoms with van der Waals surface area (Å²) in [5.74, 6) is 1.02. The van der Waals surface area contributed by atoms with Crippen LogP contribution in [0.25, 0.3) is 0 Å². The summed E-state index contributed by atoms with van der Waals surface area (Å²) >= 11 is 1.68. The van der Waals surface area contributed by atoms with Gasteiger partial charge in [0, 0.05) is 36.9 Å². The zero-order valence-corrected chi connectivity index (χ0v) is 9.42. The summed E-state index contributed by atoms with van der Waals surface area (Å²) in [5.41, 5.74) is 0. The van der Waals surface area contributed by atoms with Crippen molar-refractivity contribution in [1.29, 1.82) is 0 Å². The van der Waals surface area contributed by atoms with E-state index in [1.165, 1.54) is 0 Å². The maximum Gasteiger partial charge on any atom is 0.109 e. The van der Waals surface area contributed by atoms with E-state index < -0.39 is 0 Å². The highest BCUT2D eigenvalue weighted by molar-refractivity contribution is 7.09. The van der Waals surface area contributed by atoms with E-state index in [2.05, 4.69) is 27.2 Å². The molecule has 2 aromatic rings. The van der Waals surface area contributed by atoms with Gasteiger partial charge in [0.15, 0.2) is 0 Å². The van der Waals surface area contributed by atoms with Gasteiger partial charge in [0.05, 0.1) is 6.04 Å². The van der Waals surface area contributed by atoms with Crippen molar-refractivity contribution >= 4 is 11.3 Å². The van der Waals surface area contributed by atoms with Crippen molar-refractivity contribution in [2.24, 2.45) is 0 Å². The molecule has 0 spiro atoms. The van der Waals surface area contributed by atoms with E-state index in [0.29, 0.717) is 6.04 Å². The van der Waals surface area contributed by atoms with Crippen molar-refractivity contribution in [2.75, 3.05) is 6.54 Å². The molecular weight excluding hydrogens is 208 g/mol. The van der Waals surface area contributed by atoms with Crippen molar-refractivity contribution in [3.05, 3.63) is 34.8 Å². The largest absolute Gasteiger partial charge is 0.349 e. The first-order valence-electron chi connectivity index (χ1n) is 4.97. The Labute approximate surface area is 92.8 Å². The smallest absolute Gasteiger partial charge is 0.109 e. The molecule has 2 rings (SSSR count). The first-order valence-corrected chi connectivity index (χ1v) is 5.85. The SMILES string of the molecule is CC(NCCc1ncc[nH]1)c1nccs1. The Bertz CT molecular complexity index is 368. The number of aromatic amines is 1. The monoisotopic (exact) mass is 222 g/mol. The number of nitrogens with one attached hydrogen (secondary N) is 2. The van der Waals surface area contributed by atoms with E-state index >= 15 is 0 Å². The summed E-state index contributed by atoms with van der Waals surface area (Å²) in [6.45, 7) is 3.04. The van der Waals surface area contributed by atoms with Crippen molar-refractivity contribution in [2.45, 2.75) is 19.4 Å². The van der Waals surface area contributed by atoms with Crippen molar-refractivity contribution < 1.29 is 0 Å². The number of hydrogen-bond acceptors (Lipinski definition) is 4. The molecule has 0 amide bonds. The number of aromatic nitrogens is 3. The lowest BCUT2D eigenvalue weighted by molar-refractivity contribution is 0.568. The molecule has 2 heterocycles. The molecule has 0 aliphatic rings. The highest BCUT2D eigenvalue weighted by atomic mass is 32.1. The summed E-state index contributed by atoms with van der Waals surface area (Å²) in [6.07, 6.45) is 6.38. The number of thiazole rings is 1. The van der Waals surface area contributed by atoms with Crippen LogP contribution in [-0.4, -0.2) is 21.5 Å². The molecule has 0 saturated carbocycles. The molecule has 0 aliphatic heterocycles. The second-order valence-electron chi connectivity index (χ2n) is 3.33. The highest BCUT2D eigenvalue weighted by Crippen LogP contribution is 2.14. The molecule has 0 radical (unpaired) electrons. The van der Waals surface area contributed by atoms with Crippen LogP contribution in [0, 0.1) is 0 Å². The number of H-pyrrole nitrogens is 1. The molecule has 1 unspecified atom stereocenters. The van der Waals surface area contributed by atoms with Gasteiger partial charge in [0.25, 0.3) is 0 Å². The Kier molecular flexibility index (Phi) is 3.47. The van der Waals surface area contributed by atoms with Gasteiger partial charge in [0.2, 0.25) is 0 Å². The topological polar surface area (TPSA) is 53.6 Å². The summed E-state index contributed by atoms with van der Waals surface area (Å²) < 4.78 is 0. The minimum absolute atomic E-state index is 0.319. The van der Waals surface area contributed by atoms with Gasteiger partial charge in [-0.15, -0.1) is 11.3 Å². The Balaban J connectivity index is 1.74. The van der Waals surface area contributed by atoms with Crippen LogP contribution < -0.4 is 5.32 Å². The van der Waals surface area contributed by atoms with Crippen LogP contribution in [0.5, 0.6) is 0 Å². The van der Waals surface area contributed by atoms with E-state index in [-0.39, 0.29) is 0 Å². The van der Waals surface area contributed by atoms with Crippen LogP contribution in [0.4, 0.5) is 0 Å². The quantitative estimate of drug-likeness (QED) is 0.810. The molecule has 2 aromatic heterocycles. The predicted octanol–water partition coefficient (Wildman–Crippen LogP) is 1.76. The van der Waals surface area contributed by atoms with Crippen molar-refractivity contribution in [3.8, 4) is 0 Å². The summed E-state index contributed by atoms with van der Waals surface area (Å²) in [7, 11) is 0. The lowest BCUT2D eigenvalue weighted by Crippen LogP contribution is -2.21. The van der Waals surface area contributed by atoms with Gasteiger partial charge in [-0.1, -0.05) is 0 Å². The fourth-order valence-corrected chi connectivity index (χ4v) is 2.05. The molecule has 0 bridgehead atoms. The Morgan fingerprint density at radius 1 is 1.47 bits per heavy atom. The van der Waals surface area contributed by atoms with Gasteiger partial charge in [-0.2, -0.15) is 0 Å². The summed E-state index contributed by atoms with van der Waals surface area (Å²) in [4.78, 5) is 11.5. The fourth-order valence-electron chi connectivity index (χ4n) is 1.38. The molecule has 15 heavy (non-hydrogen) atoms. The number of nitrogens with zero attached hydrogens (tertiary/aromatic N) is 2. The normalized spacial score (nSPS) is 12.9. The predicted molar refractivity (Wildman–Crippen MR) is 60.8 cm³/mol. The molecule has 0 aromatic carbocycles. The van der Waals surface area contributed by atoms with Crippen molar-refractivity contribution in [3.63, 3.8) is 0 Å². The minimum atomic E-state index is 0.319. The second-order valence-corrected chi connectivity index (χ2v) is 4.26. The maximum atomic E-state index is 4.26. The van der Waals surface area contributed by atoms with Crippen LogP contribution in [0.15, 0.2) is 24.0 Å². The van der Waals surface area contributed by atoms with E-state index in [1.54, 1.807) is 17.5 Å². The van der Waals surface area contributed by atoms with Crippen LogP contribution in [0.2, 0.25) is 0 Å². The van der Waals surface area contributed by atoms with E-state index in [1.807, 2.05) is 17.8 Å². The van der Waals surface area contributed by atoms with E-state index in [0.717, 1.165) is 23.8 Å². The van der Waals surface area contributed by atoms with Crippen LogP contribution in [0.3, 0.4) is 0 Å². The molecule has 2 N–H and O–H groups in total. The van der Waals surface area contributed by atoms with Gasteiger partial charge in [-0.3, -0.25) is 0 Å². The second kappa shape index (κ2) is 5.04. The van der Waals surface area contributed by atoms with Crippen molar-refractivity contribution in [1.82, 2.24) is 20.3 Å². The third kappa shape index (κ3) is 2.87. The lowest BCUT2D eigenvalue weighted by Gasteiger charge is -2.09. The zero-order valence-electron chi connectivity index (χ0n) is 8.60. The van der Waals surface area contributed by atoms with Crippen LogP contribution in [0.1, 0.15) is 23.8 Å². The third-order valence-electron chi connectivity index (χ3n) is 2.19. The van der Waals surface area contributed by atoms with Gasteiger partial charge >= 0.3 is 0 Å². The lowest BCUT2D eigenvalue weighted by atomic mass is 10.3. The number of hydrogen-bond donors (Lipinski definition) is 2. The Morgan fingerprint density at radius 3 is 3.07 bits per heavy atom. The molecule has 0 aliphatic carbocycles.